The highest BCUT2D eigenvalue weighted by Gasteiger charge is 2.08. The predicted molar refractivity (Wildman–Crippen MR) is 77.9 cm³/mol. The lowest BCUT2D eigenvalue weighted by atomic mass is 9.90. The second-order valence-electron chi connectivity index (χ2n) is 4.83. The van der Waals surface area contributed by atoms with Gasteiger partial charge in [0, 0.05) is 0 Å². The van der Waals surface area contributed by atoms with Crippen LogP contribution in [-0.4, -0.2) is 19.2 Å². The van der Waals surface area contributed by atoms with E-state index in [0.29, 0.717) is 5.75 Å². The molecule has 2 N–H and O–H groups in total. The van der Waals surface area contributed by atoms with E-state index >= 15 is 0 Å². The SMILES string of the molecule is CNC.Oc1cccc(CCC2C=CCCC2)c1. The number of phenols is 1. The number of rotatable bonds is 3. The molecular weight excluding hydrogens is 222 g/mol. The number of allylic oxidation sites excluding steroid dienone is 2. The Morgan fingerprint density at radius 3 is 2.72 bits per heavy atom. The third-order valence-corrected chi connectivity index (χ3v) is 3.07. The van der Waals surface area contributed by atoms with Gasteiger partial charge in [-0.15, -0.1) is 0 Å². The first kappa shape index (κ1) is 14.8. The fourth-order valence-corrected chi connectivity index (χ4v) is 2.19. The van der Waals surface area contributed by atoms with Crippen LogP contribution in [0.3, 0.4) is 0 Å². The van der Waals surface area contributed by atoms with Crippen LogP contribution in [0, 0.1) is 5.92 Å². The number of hydrogen-bond acceptors (Lipinski definition) is 2. The van der Waals surface area contributed by atoms with Crippen LogP contribution in [-0.2, 0) is 6.42 Å². The molecule has 2 heteroatoms. The van der Waals surface area contributed by atoms with Crippen LogP contribution >= 0.6 is 0 Å². The molecule has 0 saturated carbocycles. The summed E-state index contributed by atoms with van der Waals surface area (Å²) in [4.78, 5) is 0. The van der Waals surface area contributed by atoms with Gasteiger partial charge in [0.05, 0.1) is 0 Å². The minimum Gasteiger partial charge on any atom is -0.508 e. The summed E-state index contributed by atoms with van der Waals surface area (Å²) in [5.41, 5.74) is 1.24. The summed E-state index contributed by atoms with van der Waals surface area (Å²) < 4.78 is 0. The Morgan fingerprint density at radius 1 is 1.33 bits per heavy atom. The molecular formula is C16H25NO. The van der Waals surface area contributed by atoms with Crippen molar-refractivity contribution in [1.29, 1.82) is 0 Å². The maximum atomic E-state index is 9.34. The van der Waals surface area contributed by atoms with E-state index in [1.54, 1.807) is 6.07 Å². The van der Waals surface area contributed by atoms with E-state index in [4.69, 9.17) is 0 Å². The molecule has 1 aromatic rings. The van der Waals surface area contributed by atoms with Gasteiger partial charge in [-0.2, -0.15) is 0 Å². The largest absolute Gasteiger partial charge is 0.508 e. The zero-order chi connectivity index (χ0) is 13.2. The molecule has 1 unspecified atom stereocenters. The standard InChI is InChI=1S/C14H18O.C2H7N/c15-14-8-4-7-13(11-14)10-9-12-5-2-1-3-6-12;1-3-2/h2,4-5,7-8,11-12,15H,1,3,6,9-10H2;3H,1-2H3. The lowest BCUT2D eigenvalue weighted by molar-refractivity contribution is 0.472. The number of nitrogens with one attached hydrogen (secondary N) is 1. The Kier molecular flexibility index (Phi) is 7.19. The normalized spacial score (nSPS) is 18.0. The Morgan fingerprint density at radius 2 is 2.11 bits per heavy atom. The summed E-state index contributed by atoms with van der Waals surface area (Å²) in [7, 11) is 3.75. The topological polar surface area (TPSA) is 32.3 Å². The van der Waals surface area contributed by atoms with E-state index in [1.165, 1.54) is 31.2 Å². The third kappa shape index (κ3) is 5.87. The van der Waals surface area contributed by atoms with Crippen molar-refractivity contribution < 1.29 is 5.11 Å². The van der Waals surface area contributed by atoms with Gasteiger partial charge in [0.25, 0.3) is 0 Å². The van der Waals surface area contributed by atoms with Crippen LogP contribution in [0.5, 0.6) is 5.75 Å². The Labute approximate surface area is 111 Å². The molecule has 0 aromatic heterocycles. The van der Waals surface area contributed by atoms with Gasteiger partial charge < -0.3 is 10.4 Å². The van der Waals surface area contributed by atoms with E-state index in [9.17, 15) is 5.11 Å². The zero-order valence-corrected chi connectivity index (χ0v) is 11.5. The highest BCUT2D eigenvalue weighted by atomic mass is 16.3. The lowest BCUT2D eigenvalue weighted by Gasteiger charge is -2.15. The first-order valence-corrected chi connectivity index (χ1v) is 6.79. The average Bonchev–Trinajstić information content (AvgIpc) is 2.39. The van der Waals surface area contributed by atoms with Gasteiger partial charge in [0.15, 0.2) is 0 Å². The van der Waals surface area contributed by atoms with Gasteiger partial charge in [-0.1, -0.05) is 24.3 Å². The van der Waals surface area contributed by atoms with Gasteiger partial charge >= 0.3 is 0 Å². The number of benzene rings is 1. The molecule has 18 heavy (non-hydrogen) atoms. The third-order valence-electron chi connectivity index (χ3n) is 3.07. The quantitative estimate of drug-likeness (QED) is 0.801. The summed E-state index contributed by atoms with van der Waals surface area (Å²) in [6, 6.07) is 7.60. The van der Waals surface area contributed by atoms with E-state index < -0.39 is 0 Å². The van der Waals surface area contributed by atoms with Crippen molar-refractivity contribution in [3.05, 3.63) is 42.0 Å². The maximum Gasteiger partial charge on any atom is 0.115 e. The second kappa shape index (κ2) is 8.76. The van der Waals surface area contributed by atoms with Gasteiger partial charge in [0.1, 0.15) is 5.75 Å². The minimum absolute atomic E-state index is 0.381. The molecule has 0 amide bonds. The molecule has 0 bridgehead atoms. The maximum absolute atomic E-state index is 9.34. The van der Waals surface area contributed by atoms with Crippen molar-refractivity contribution in [2.45, 2.75) is 32.1 Å². The summed E-state index contributed by atoms with van der Waals surface area (Å²) in [6.07, 6.45) is 10.9. The lowest BCUT2D eigenvalue weighted by Crippen LogP contribution is -2.02. The van der Waals surface area contributed by atoms with Gasteiger partial charge in [-0.25, -0.2) is 0 Å². The summed E-state index contributed by atoms with van der Waals surface area (Å²) in [5.74, 6) is 1.13. The van der Waals surface area contributed by atoms with Crippen LogP contribution < -0.4 is 5.32 Å². The summed E-state index contributed by atoms with van der Waals surface area (Å²) in [6.45, 7) is 0. The molecule has 0 heterocycles. The molecule has 0 saturated heterocycles. The van der Waals surface area contributed by atoms with Crippen molar-refractivity contribution in [3.8, 4) is 5.75 Å². The van der Waals surface area contributed by atoms with E-state index in [2.05, 4.69) is 23.5 Å². The van der Waals surface area contributed by atoms with E-state index in [-0.39, 0.29) is 0 Å². The first-order chi connectivity index (χ1) is 8.76. The fraction of sp³-hybridized carbons (Fsp3) is 0.500. The molecule has 2 nitrogen and oxygen atoms in total. The van der Waals surface area contributed by atoms with Crippen molar-refractivity contribution in [1.82, 2.24) is 5.32 Å². The van der Waals surface area contributed by atoms with Crippen LogP contribution in [0.15, 0.2) is 36.4 Å². The van der Waals surface area contributed by atoms with Gasteiger partial charge in [-0.3, -0.25) is 0 Å². The molecule has 0 fully saturated rings. The molecule has 100 valence electrons. The summed E-state index contributed by atoms with van der Waals surface area (Å²) in [5, 5.41) is 12.1. The van der Waals surface area contributed by atoms with E-state index in [0.717, 1.165) is 12.3 Å². The highest BCUT2D eigenvalue weighted by Crippen LogP contribution is 2.22. The Balaban J connectivity index is 0.000000492. The van der Waals surface area contributed by atoms with Crippen molar-refractivity contribution in [2.75, 3.05) is 14.1 Å². The Hall–Kier alpha value is -1.28. The summed E-state index contributed by atoms with van der Waals surface area (Å²) >= 11 is 0. The molecule has 1 atom stereocenters. The van der Waals surface area contributed by atoms with Crippen molar-refractivity contribution in [2.24, 2.45) is 5.92 Å². The molecule has 0 radical (unpaired) electrons. The molecule has 0 spiro atoms. The van der Waals surface area contributed by atoms with Gasteiger partial charge in [0.2, 0.25) is 0 Å². The van der Waals surface area contributed by atoms with Crippen LogP contribution in [0.2, 0.25) is 0 Å². The number of aryl methyl sites for hydroxylation is 1. The Bertz CT molecular complexity index is 360. The van der Waals surface area contributed by atoms with Crippen molar-refractivity contribution >= 4 is 0 Å². The van der Waals surface area contributed by atoms with Crippen molar-refractivity contribution in [3.63, 3.8) is 0 Å². The second-order valence-corrected chi connectivity index (χ2v) is 4.83. The molecule has 1 aromatic carbocycles. The van der Waals surface area contributed by atoms with Gasteiger partial charge in [-0.05, 0) is 69.8 Å². The van der Waals surface area contributed by atoms with Crippen LogP contribution in [0.1, 0.15) is 31.2 Å². The molecule has 0 aliphatic heterocycles. The molecule has 2 rings (SSSR count). The number of aromatic hydroxyl groups is 1. The first-order valence-electron chi connectivity index (χ1n) is 6.79. The zero-order valence-electron chi connectivity index (χ0n) is 11.5. The minimum atomic E-state index is 0.381. The predicted octanol–water partition coefficient (Wildman–Crippen LogP) is 3.52. The molecule has 1 aliphatic carbocycles. The monoisotopic (exact) mass is 247 g/mol. The highest BCUT2D eigenvalue weighted by molar-refractivity contribution is 5.27. The number of phenolic OH excluding ortho intramolecular Hbond substituents is 1. The fourth-order valence-electron chi connectivity index (χ4n) is 2.19. The number of hydrogen-bond donors (Lipinski definition) is 2. The van der Waals surface area contributed by atoms with Crippen LogP contribution in [0.25, 0.3) is 0 Å². The average molecular weight is 247 g/mol. The van der Waals surface area contributed by atoms with Crippen LogP contribution in [0.4, 0.5) is 0 Å². The van der Waals surface area contributed by atoms with E-state index in [1.807, 2.05) is 26.2 Å². The molecule has 1 aliphatic rings. The smallest absolute Gasteiger partial charge is 0.115 e.